The molecule has 0 unspecified atom stereocenters. The zero-order valence-electron chi connectivity index (χ0n) is 13.9. The summed E-state index contributed by atoms with van der Waals surface area (Å²) >= 11 is 0. The summed E-state index contributed by atoms with van der Waals surface area (Å²) in [4.78, 5) is 25.3. The van der Waals surface area contributed by atoms with Crippen LogP contribution in [0.3, 0.4) is 0 Å². The third-order valence-corrected chi connectivity index (χ3v) is 4.49. The number of hydrogen-bond donors (Lipinski definition) is 1. The molecular weight excluding hydrogens is 338 g/mol. The molecule has 1 atom stereocenters. The number of ether oxygens (including phenoxy) is 2. The number of carbonyl (C=O) groups excluding carboxylic acids is 1. The Labute approximate surface area is 149 Å². The average molecular weight is 355 g/mol. The van der Waals surface area contributed by atoms with Gasteiger partial charge in [-0.15, -0.1) is 0 Å². The molecule has 1 saturated heterocycles. The standard InChI is InChI=1S/C18H17N3O5/c22-17-13-3-1-2-4-16(13)26-18(19-17)14-11-12(21(23)24)5-6-15(14)20-7-9-25-10-8-20/h1-6,11,18H,7-10H2,(H,19,22)/t18-/m0/s1. The molecule has 0 saturated carbocycles. The van der Waals surface area contributed by atoms with Crippen molar-refractivity contribution < 1.29 is 19.2 Å². The summed E-state index contributed by atoms with van der Waals surface area (Å²) in [7, 11) is 0. The Morgan fingerprint density at radius 1 is 1.15 bits per heavy atom. The number of fused-ring (bicyclic) bond motifs is 1. The van der Waals surface area contributed by atoms with Gasteiger partial charge < -0.3 is 19.7 Å². The molecule has 1 amide bonds. The largest absolute Gasteiger partial charge is 0.465 e. The van der Waals surface area contributed by atoms with Gasteiger partial charge in [-0.1, -0.05) is 12.1 Å². The van der Waals surface area contributed by atoms with Crippen molar-refractivity contribution in [2.75, 3.05) is 31.2 Å². The van der Waals surface area contributed by atoms with Crippen LogP contribution in [0.5, 0.6) is 5.75 Å². The van der Waals surface area contributed by atoms with Crippen molar-refractivity contribution in [3.63, 3.8) is 0 Å². The van der Waals surface area contributed by atoms with E-state index in [2.05, 4.69) is 10.2 Å². The molecule has 1 fully saturated rings. The zero-order chi connectivity index (χ0) is 18.1. The van der Waals surface area contributed by atoms with Crippen LogP contribution in [0.2, 0.25) is 0 Å². The Morgan fingerprint density at radius 3 is 2.69 bits per heavy atom. The fourth-order valence-electron chi connectivity index (χ4n) is 3.21. The summed E-state index contributed by atoms with van der Waals surface area (Å²) in [5.41, 5.74) is 1.75. The first-order chi connectivity index (χ1) is 12.6. The van der Waals surface area contributed by atoms with Crippen LogP contribution in [0.15, 0.2) is 42.5 Å². The van der Waals surface area contributed by atoms with Crippen LogP contribution in [0, 0.1) is 10.1 Å². The molecule has 1 N–H and O–H groups in total. The lowest BCUT2D eigenvalue weighted by molar-refractivity contribution is -0.385. The molecule has 2 aliphatic rings. The van der Waals surface area contributed by atoms with Crippen molar-refractivity contribution in [1.82, 2.24) is 5.32 Å². The van der Waals surface area contributed by atoms with Crippen molar-refractivity contribution in [3.8, 4) is 5.75 Å². The van der Waals surface area contributed by atoms with Crippen molar-refractivity contribution >= 4 is 17.3 Å². The number of non-ortho nitro benzene ring substituents is 1. The van der Waals surface area contributed by atoms with Crippen LogP contribution >= 0.6 is 0 Å². The highest BCUT2D eigenvalue weighted by molar-refractivity contribution is 5.98. The van der Waals surface area contributed by atoms with Gasteiger partial charge in [-0.05, 0) is 18.2 Å². The van der Waals surface area contributed by atoms with Crippen molar-refractivity contribution in [1.29, 1.82) is 0 Å². The van der Waals surface area contributed by atoms with Gasteiger partial charge in [-0.2, -0.15) is 0 Å². The highest BCUT2D eigenvalue weighted by atomic mass is 16.6. The fourth-order valence-corrected chi connectivity index (χ4v) is 3.21. The van der Waals surface area contributed by atoms with E-state index >= 15 is 0 Å². The molecule has 0 radical (unpaired) electrons. The van der Waals surface area contributed by atoms with E-state index in [0.717, 1.165) is 5.69 Å². The van der Waals surface area contributed by atoms with Crippen LogP contribution in [0.4, 0.5) is 11.4 Å². The number of nitro benzene ring substituents is 1. The number of nitrogens with zero attached hydrogens (tertiary/aromatic N) is 2. The van der Waals surface area contributed by atoms with Crippen molar-refractivity contribution in [2.24, 2.45) is 0 Å². The smallest absolute Gasteiger partial charge is 0.270 e. The number of para-hydroxylation sites is 1. The maximum Gasteiger partial charge on any atom is 0.270 e. The molecule has 2 aliphatic heterocycles. The Kier molecular flexibility index (Phi) is 4.18. The predicted octanol–water partition coefficient (Wildman–Crippen LogP) is 2.25. The minimum Gasteiger partial charge on any atom is -0.465 e. The molecule has 0 aliphatic carbocycles. The van der Waals surface area contributed by atoms with Gasteiger partial charge >= 0.3 is 0 Å². The molecule has 8 nitrogen and oxygen atoms in total. The molecule has 4 rings (SSSR count). The van der Waals surface area contributed by atoms with Gasteiger partial charge in [0.1, 0.15) is 5.75 Å². The quantitative estimate of drug-likeness (QED) is 0.670. The number of hydrogen-bond acceptors (Lipinski definition) is 6. The van der Waals surface area contributed by atoms with E-state index in [-0.39, 0.29) is 11.6 Å². The lowest BCUT2D eigenvalue weighted by Crippen LogP contribution is -2.40. The predicted molar refractivity (Wildman–Crippen MR) is 93.4 cm³/mol. The first-order valence-electron chi connectivity index (χ1n) is 8.31. The number of anilines is 1. The molecule has 2 heterocycles. The molecule has 0 aromatic heterocycles. The average Bonchev–Trinajstić information content (AvgIpc) is 2.68. The number of amides is 1. The number of carbonyl (C=O) groups is 1. The van der Waals surface area contributed by atoms with Crippen LogP contribution < -0.4 is 15.0 Å². The van der Waals surface area contributed by atoms with E-state index in [1.165, 1.54) is 12.1 Å². The fraction of sp³-hybridized carbons (Fsp3) is 0.278. The SMILES string of the molecule is O=C1N[C@H](c2cc([N+](=O)[O-])ccc2N2CCOCC2)Oc2ccccc21. The summed E-state index contributed by atoms with van der Waals surface area (Å²) in [6.07, 6.45) is -0.796. The van der Waals surface area contributed by atoms with Crippen molar-refractivity contribution in [3.05, 3.63) is 63.7 Å². The summed E-state index contributed by atoms with van der Waals surface area (Å²) in [5, 5.41) is 14.0. The maximum atomic E-state index is 12.4. The van der Waals surface area contributed by atoms with Gasteiger partial charge in [0.15, 0.2) is 0 Å². The third kappa shape index (κ3) is 2.95. The number of benzene rings is 2. The molecule has 0 spiro atoms. The monoisotopic (exact) mass is 355 g/mol. The van der Waals surface area contributed by atoms with E-state index in [9.17, 15) is 14.9 Å². The minimum atomic E-state index is -0.796. The number of nitro groups is 1. The topological polar surface area (TPSA) is 93.9 Å². The van der Waals surface area contributed by atoms with Crippen molar-refractivity contribution in [2.45, 2.75) is 6.23 Å². The Bertz CT molecular complexity index is 864. The summed E-state index contributed by atoms with van der Waals surface area (Å²) < 4.78 is 11.3. The molecule has 2 aromatic rings. The zero-order valence-corrected chi connectivity index (χ0v) is 13.9. The van der Waals surface area contributed by atoms with E-state index in [0.29, 0.717) is 43.2 Å². The highest BCUT2D eigenvalue weighted by Crippen LogP contribution is 2.35. The third-order valence-electron chi connectivity index (χ3n) is 4.49. The Morgan fingerprint density at radius 2 is 1.92 bits per heavy atom. The van der Waals surface area contributed by atoms with Crippen LogP contribution in [-0.4, -0.2) is 37.1 Å². The molecular formula is C18H17N3O5. The van der Waals surface area contributed by atoms with Crippen LogP contribution in [0.1, 0.15) is 22.1 Å². The molecule has 134 valence electrons. The van der Waals surface area contributed by atoms with E-state index < -0.39 is 11.2 Å². The van der Waals surface area contributed by atoms with Gasteiger partial charge in [-0.25, -0.2) is 0 Å². The normalized spacial score (nSPS) is 19.3. The second kappa shape index (κ2) is 6.64. The number of rotatable bonds is 3. The maximum absolute atomic E-state index is 12.4. The number of nitrogens with one attached hydrogen (secondary N) is 1. The lowest BCUT2D eigenvalue weighted by atomic mass is 10.1. The van der Waals surface area contributed by atoms with Crippen LogP contribution in [0.25, 0.3) is 0 Å². The van der Waals surface area contributed by atoms with Gasteiger partial charge in [0.25, 0.3) is 11.6 Å². The molecule has 0 bridgehead atoms. The van der Waals surface area contributed by atoms with E-state index in [4.69, 9.17) is 9.47 Å². The number of morpholine rings is 1. The lowest BCUT2D eigenvalue weighted by Gasteiger charge is -2.34. The van der Waals surface area contributed by atoms with Gasteiger partial charge in [-0.3, -0.25) is 14.9 Å². The summed E-state index contributed by atoms with van der Waals surface area (Å²) in [6.45, 7) is 2.50. The Hall–Kier alpha value is -3.13. The minimum absolute atomic E-state index is 0.0475. The first-order valence-corrected chi connectivity index (χ1v) is 8.31. The molecule has 8 heteroatoms. The molecule has 2 aromatic carbocycles. The van der Waals surface area contributed by atoms with Gasteiger partial charge in [0, 0.05) is 36.5 Å². The second-order valence-electron chi connectivity index (χ2n) is 6.07. The summed E-state index contributed by atoms with van der Waals surface area (Å²) in [6, 6.07) is 11.6. The second-order valence-corrected chi connectivity index (χ2v) is 6.07. The first kappa shape index (κ1) is 16.3. The van der Waals surface area contributed by atoms with Gasteiger partial charge in [0.2, 0.25) is 6.23 Å². The molecule has 26 heavy (non-hydrogen) atoms. The van der Waals surface area contributed by atoms with Gasteiger partial charge in [0.05, 0.1) is 23.7 Å². The Balaban J connectivity index is 1.75. The van der Waals surface area contributed by atoms with E-state index in [1.54, 1.807) is 30.3 Å². The summed E-state index contributed by atoms with van der Waals surface area (Å²) in [5.74, 6) is 0.192. The van der Waals surface area contributed by atoms with Crippen LogP contribution in [-0.2, 0) is 4.74 Å². The highest BCUT2D eigenvalue weighted by Gasteiger charge is 2.30. The van der Waals surface area contributed by atoms with E-state index in [1.807, 2.05) is 0 Å².